The monoisotopic (exact) mass is 316 g/mol. The van der Waals surface area contributed by atoms with Crippen molar-refractivity contribution in [1.29, 1.82) is 0 Å². The number of carbonyl (C=O) groups excluding carboxylic acids is 2. The Balaban J connectivity index is 2.40. The summed E-state index contributed by atoms with van der Waals surface area (Å²) >= 11 is 0. The van der Waals surface area contributed by atoms with Crippen molar-refractivity contribution in [2.75, 3.05) is 7.11 Å². The Morgan fingerprint density at radius 3 is 2.50 bits per heavy atom. The molecule has 0 aromatic heterocycles. The van der Waals surface area contributed by atoms with Gasteiger partial charge in [0.05, 0.1) is 23.7 Å². The Labute approximate surface area is 125 Å². The van der Waals surface area contributed by atoms with Crippen molar-refractivity contribution in [3.05, 3.63) is 29.3 Å². The quantitative estimate of drug-likeness (QED) is 0.786. The number of fused-ring (bicyclic) bond motifs is 1. The molecule has 0 spiro atoms. The van der Waals surface area contributed by atoms with Crippen molar-refractivity contribution in [1.82, 2.24) is 0 Å². The van der Waals surface area contributed by atoms with Gasteiger partial charge < -0.3 is 9.47 Å². The molecule has 2 rings (SSSR count). The average molecular weight is 316 g/mol. The second-order valence-corrected chi connectivity index (χ2v) is 5.66. The molecule has 1 aromatic rings. The summed E-state index contributed by atoms with van der Waals surface area (Å²) in [6.45, 7) is 3.05. The molecular formula is C15H15F3O4. The van der Waals surface area contributed by atoms with Gasteiger partial charge in [0.15, 0.2) is 5.78 Å². The number of Topliss-reactive ketones (excluding diaryl/α,β-unsaturated/α-hetero) is 1. The second-order valence-electron chi connectivity index (χ2n) is 5.66. The first-order chi connectivity index (χ1) is 10.1. The Morgan fingerprint density at radius 2 is 1.95 bits per heavy atom. The van der Waals surface area contributed by atoms with Crippen molar-refractivity contribution in [2.24, 2.45) is 5.41 Å². The summed E-state index contributed by atoms with van der Waals surface area (Å²) < 4.78 is 48.4. The number of ether oxygens (including phenoxy) is 2. The van der Waals surface area contributed by atoms with Gasteiger partial charge in [0.25, 0.3) is 0 Å². The fraction of sp³-hybridized carbons (Fsp3) is 0.467. The van der Waals surface area contributed by atoms with E-state index >= 15 is 0 Å². The van der Waals surface area contributed by atoms with Crippen LogP contribution in [0.15, 0.2) is 18.2 Å². The second kappa shape index (κ2) is 5.30. The van der Waals surface area contributed by atoms with Crippen LogP contribution in [0.5, 0.6) is 5.75 Å². The van der Waals surface area contributed by atoms with E-state index < -0.39 is 29.2 Å². The maximum Gasteiger partial charge on any atom is 0.416 e. The third-order valence-electron chi connectivity index (χ3n) is 3.77. The molecule has 1 aliphatic rings. The molecule has 0 saturated carbocycles. The maximum absolute atomic E-state index is 12.8. The Bertz CT molecular complexity index is 620. The number of halogens is 3. The van der Waals surface area contributed by atoms with Crippen LogP contribution in [-0.2, 0) is 15.7 Å². The largest absolute Gasteiger partial charge is 0.488 e. The van der Waals surface area contributed by atoms with Crippen LogP contribution in [0.1, 0.15) is 36.2 Å². The number of methoxy groups -OCH3 is 1. The van der Waals surface area contributed by atoms with Crippen molar-refractivity contribution < 1.29 is 32.2 Å². The minimum absolute atomic E-state index is 0.0879. The summed E-state index contributed by atoms with van der Waals surface area (Å²) in [5.41, 5.74) is -1.98. The van der Waals surface area contributed by atoms with Crippen molar-refractivity contribution in [2.45, 2.75) is 32.5 Å². The average Bonchev–Trinajstić information content (AvgIpc) is 2.44. The highest BCUT2D eigenvalue weighted by Crippen LogP contribution is 2.39. The van der Waals surface area contributed by atoms with Gasteiger partial charge in [0.1, 0.15) is 11.9 Å². The minimum Gasteiger partial charge on any atom is -0.488 e. The van der Waals surface area contributed by atoms with E-state index in [1.165, 1.54) is 21.0 Å². The van der Waals surface area contributed by atoms with E-state index in [4.69, 9.17) is 4.74 Å². The van der Waals surface area contributed by atoms with E-state index in [0.717, 1.165) is 18.2 Å². The van der Waals surface area contributed by atoms with Gasteiger partial charge in [0.2, 0.25) is 0 Å². The van der Waals surface area contributed by atoms with Crippen LogP contribution in [-0.4, -0.2) is 25.0 Å². The molecule has 0 bridgehead atoms. The summed E-state index contributed by atoms with van der Waals surface area (Å²) in [6, 6.07) is 2.72. The van der Waals surface area contributed by atoms with Crippen molar-refractivity contribution in [3.8, 4) is 5.75 Å². The van der Waals surface area contributed by atoms with Crippen molar-refractivity contribution >= 4 is 11.8 Å². The highest BCUT2D eigenvalue weighted by molar-refractivity contribution is 6.00. The number of ketones is 1. The van der Waals surface area contributed by atoms with E-state index in [2.05, 4.69) is 4.74 Å². The number of rotatable bonds is 2. The normalized spacial score (nSPS) is 18.5. The van der Waals surface area contributed by atoms with Crippen LogP contribution in [0.2, 0.25) is 0 Å². The third kappa shape index (κ3) is 2.80. The molecule has 4 nitrogen and oxygen atoms in total. The van der Waals surface area contributed by atoms with Gasteiger partial charge >= 0.3 is 12.1 Å². The van der Waals surface area contributed by atoms with Crippen LogP contribution in [0.4, 0.5) is 13.2 Å². The van der Waals surface area contributed by atoms with E-state index in [1.807, 2.05) is 0 Å². The fourth-order valence-corrected chi connectivity index (χ4v) is 2.30. The van der Waals surface area contributed by atoms with Crippen molar-refractivity contribution in [3.63, 3.8) is 0 Å². The zero-order chi connectivity index (χ0) is 16.7. The number of hydrogen-bond donors (Lipinski definition) is 0. The van der Waals surface area contributed by atoms with Crippen LogP contribution in [0.3, 0.4) is 0 Å². The van der Waals surface area contributed by atoms with E-state index in [1.54, 1.807) is 0 Å². The highest BCUT2D eigenvalue weighted by Gasteiger charge is 2.44. The van der Waals surface area contributed by atoms with Crippen LogP contribution < -0.4 is 4.74 Å². The summed E-state index contributed by atoms with van der Waals surface area (Å²) in [4.78, 5) is 23.9. The van der Waals surface area contributed by atoms with Gasteiger partial charge in [-0.3, -0.25) is 9.59 Å². The van der Waals surface area contributed by atoms with Crippen LogP contribution in [0, 0.1) is 5.41 Å². The molecular weight excluding hydrogens is 301 g/mol. The molecule has 0 saturated heterocycles. The summed E-state index contributed by atoms with van der Waals surface area (Å²) in [5, 5.41) is 0. The molecule has 0 aliphatic carbocycles. The standard InChI is InChI=1S/C15H15F3O4/c1-14(2,13(20)21-3)12-7-10(19)9-5-4-8(15(16,17)18)6-11(9)22-12/h4-6,12H,7H2,1-3H3/t12-/m0/s1. The molecule has 1 heterocycles. The first-order valence-corrected chi connectivity index (χ1v) is 6.57. The summed E-state index contributed by atoms with van der Waals surface area (Å²) in [5.74, 6) is -1.12. The van der Waals surface area contributed by atoms with Gasteiger partial charge in [-0.1, -0.05) is 0 Å². The molecule has 0 unspecified atom stereocenters. The maximum atomic E-state index is 12.8. The van der Waals surface area contributed by atoms with Crippen LogP contribution in [0.25, 0.3) is 0 Å². The molecule has 1 atom stereocenters. The van der Waals surface area contributed by atoms with Gasteiger partial charge in [-0.25, -0.2) is 0 Å². The molecule has 120 valence electrons. The zero-order valence-corrected chi connectivity index (χ0v) is 12.3. The van der Waals surface area contributed by atoms with Gasteiger partial charge in [-0.05, 0) is 32.0 Å². The molecule has 0 amide bonds. The molecule has 22 heavy (non-hydrogen) atoms. The predicted molar refractivity (Wildman–Crippen MR) is 70.6 cm³/mol. The Morgan fingerprint density at radius 1 is 1.32 bits per heavy atom. The van der Waals surface area contributed by atoms with Crippen LogP contribution >= 0.6 is 0 Å². The lowest BCUT2D eigenvalue weighted by atomic mass is 9.81. The molecule has 1 aromatic carbocycles. The summed E-state index contributed by atoms with van der Waals surface area (Å²) in [7, 11) is 1.20. The summed E-state index contributed by atoms with van der Waals surface area (Å²) in [6.07, 6.45) is -5.52. The first-order valence-electron chi connectivity index (χ1n) is 6.57. The van der Waals surface area contributed by atoms with Gasteiger partial charge in [-0.15, -0.1) is 0 Å². The molecule has 0 radical (unpaired) electrons. The van der Waals surface area contributed by atoms with E-state index in [0.29, 0.717) is 0 Å². The first kappa shape index (κ1) is 16.3. The lowest BCUT2D eigenvalue weighted by Gasteiger charge is -2.35. The lowest BCUT2D eigenvalue weighted by Crippen LogP contribution is -2.45. The molecule has 7 heteroatoms. The number of carbonyl (C=O) groups is 2. The van der Waals surface area contributed by atoms with E-state index in [-0.39, 0.29) is 23.5 Å². The number of esters is 1. The molecule has 0 N–H and O–H groups in total. The SMILES string of the molecule is COC(=O)C(C)(C)[C@@H]1CC(=O)c2ccc(C(F)(F)F)cc2O1. The Hall–Kier alpha value is -2.05. The smallest absolute Gasteiger partial charge is 0.416 e. The van der Waals surface area contributed by atoms with Gasteiger partial charge in [-0.2, -0.15) is 13.2 Å². The predicted octanol–water partition coefficient (Wildman–Crippen LogP) is 3.24. The fourth-order valence-electron chi connectivity index (χ4n) is 2.30. The highest BCUT2D eigenvalue weighted by atomic mass is 19.4. The molecule has 1 aliphatic heterocycles. The number of benzene rings is 1. The topological polar surface area (TPSA) is 52.6 Å². The van der Waals surface area contributed by atoms with Gasteiger partial charge in [0, 0.05) is 6.42 Å². The lowest BCUT2D eigenvalue weighted by molar-refractivity contribution is -0.156. The third-order valence-corrected chi connectivity index (χ3v) is 3.77. The van der Waals surface area contributed by atoms with E-state index in [9.17, 15) is 22.8 Å². The Kier molecular flexibility index (Phi) is 3.93. The minimum atomic E-state index is -4.54. The molecule has 0 fully saturated rings. The number of alkyl halides is 3. The zero-order valence-electron chi connectivity index (χ0n) is 12.3. The number of hydrogen-bond acceptors (Lipinski definition) is 4.